The predicted molar refractivity (Wildman–Crippen MR) is 111 cm³/mol. The number of anilines is 1. The van der Waals surface area contributed by atoms with Crippen LogP contribution in [-0.4, -0.2) is 24.9 Å². The van der Waals surface area contributed by atoms with Gasteiger partial charge in [0.1, 0.15) is 0 Å². The first-order chi connectivity index (χ1) is 14.5. The van der Waals surface area contributed by atoms with E-state index < -0.39 is 12.0 Å². The average Bonchev–Trinajstić information content (AvgIpc) is 3.29. The van der Waals surface area contributed by atoms with Gasteiger partial charge in [0.05, 0.1) is 25.8 Å². The lowest BCUT2D eigenvalue weighted by molar-refractivity contribution is -0.141. The summed E-state index contributed by atoms with van der Waals surface area (Å²) in [5.41, 5.74) is 2.81. The first kappa shape index (κ1) is 20.9. The van der Waals surface area contributed by atoms with Crippen LogP contribution < -0.4 is 10.6 Å². The summed E-state index contributed by atoms with van der Waals surface area (Å²) in [6.07, 6.45) is 1.43. The van der Waals surface area contributed by atoms with E-state index in [4.69, 9.17) is 9.15 Å². The summed E-state index contributed by atoms with van der Waals surface area (Å²) in [5, 5.41) is 5.57. The number of amides is 2. The predicted octanol–water partition coefficient (Wildman–Crippen LogP) is 3.87. The van der Waals surface area contributed by atoms with Crippen molar-refractivity contribution < 1.29 is 23.5 Å². The van der Waals surface area contributed by atoms with Crippen molar-refractivity contribution >= 4 is 23.5 Å². The summed E-state index contributed by atoms with van der Waals surface area (Å²) in [5.74, 6) is -0.944. The van der Waals surface area contributed by atoms with Crippen LogP contribution in [0.3, 0.4) is 0 Å². The fourth-order valence-corrected chi connectivity index (χ4v) is 2.85. The number of aryl methyl sites for hydroxylation is 1. The van der Waals surface area contributed by atoms with E-state index in [2.05, 4.69) is 10.6 Å². The van der Waals surface area contributed by atoms with Crippen LogP contribution in [0.5, 0.6) is 0 Å². The maximum atomic E-state index is 12.7. The number of nitrogens with one attached hydrogen (secondary N) is 2. The van der Waals surface area contributed by atoms with Gasteiger partial charge in [-0.25, -0.2) is 0 Å². The third-order valence-electron chi connectivity index (χ3n) is 4.53. The summed E-state index contributed by atoms with van der Waals surface area (Å²) in [7, 11) is 1.31. The maximum Gasteiger partial charge on any atom is 0.307 e. The minimum absolute atomic E-state index is 0.0165. The Hall–Kier alpha value is -3.87. The third-order valence-corrected chi connectivity index (χ3v) is 4.53. The molecule has 7 heteroatoms. The fraction of sp³-hybridized carbons (Fsp3) is 0.174. The molecule has 1 aromatic heterocycles. The molecule has 1 unspecified atom stereocenters. The van der Waals surface area contributed by atoms with E-state index in [0.717, 1.165) is 11.1 Å². The minimum Gasteiger partial charge on any atom is -0.469 e. The van der Waals surface area contributed by atoms with Crippen molar-refractivity contribution in [3.63, 3.8) is 0 Å². The van der Waals surface area contributed by atoms with E-state index in [-0.39, 0.29) is 24.0 Å². The molecule has 2 amide bonds. The van der Waals surface area contributed by atoms with E-state index in [1.807, 2.05) is 31.2 Å². The molecule has 2 N–H and O–H groups in total. The summed E-state index contributed by atoms with van der Waals surface area (Å²) in [6, 6.07) is 16.7. The Balaban J connectivity index is 1.69. The highest BCUT2D eigenvalue weighted by Gasteiger charge is 2.20. The van der Waals surface area contributed by atoms with Crippen LogP contribution in [0.15, 0.2) is 71.3 Å². The molecule has 30 heavy (non-hydrogen) atoms. The maximum absolute atomic E-state index is 12.7. The number of methoxy groups -OCH3 is 1. The third kappa shape index (κ3) is 5.35. The summed E-state index contributed by atoms with van der Waals surface area (Å²) >= 11 is 0. The van der Waals surface area contributed by atoms with Crippen molar-refractivity contribution in [3.05, 3.63) is 89.4 Å². The number of esters is 1. The van der Waals surface area contributed by atoms with E-state index in [0.29, 0.717) is 11.3 Å². The molecule has 0 aliphatic rings. The first-order valence-corrected chi connectivity index (χ1v) is 9.35. The van der Waals surface area contributed by atoms with Crippen molar-refractivity contribution in [2.45, 2.75) is 19.4 Å². The minimum atomic E-state index is -0.524. The normalized spacial score (nSPS) is 11.4. The molecule has 0 aliphatic carbocycles. The van der Waals surface area contributed by atoms with Crippen molar-refractivity contribution in [2.75, 3.05) is 12.4 Å². The Morgan fingerprint density at radius 2 is 1.67 bits per heavy atom. The molecule has 0 radical (unpaired) electrons. The van der Waals surface area contributed by atoms with Crippen molar-refractivity contribution in [1.29, 1.82) is 0 Å². The molecule has 0 aliphatic heterocycles. The lowest BCUT2D eigenvalue weighted by atomic mass is 10.0. The van der Waals surface area contributed by atoms with E-state index in [9.17, 15) is 14.4 Å². The Labute approximate surface area is 174 Å². The molecular weight excluding hydrogens is 384 g/mol. The van der Waals surface area contributed by atoms with Crippen LogP contribution in [0.25, 0.3) is 0 Å². The van der Waals surface area contributed by atoms with Gasteiger partial charge in [-0.15, -0.1) is 0 Å². The molecule has 3 aromatic rings. The van der Waals surface area contributed by atoms with Gasteiger partial charge in [0.25, 0.3) is 11.8 Å². The number of carbonyl (C=O) groups is 3. The van der Waals surface area contributed by atoms with Gasteiger partial charge in [-0.1, -0.05) is 29.8 Å². The Morgan fingerprint density at radius 3 is 2.27 bits per heavy atom. The van der Waals surface area contributed by atoms with Gasteiger partial charge >= 0.3 is 5.97 Å². The summed E-state index contributed by atoms with van der Waals surface area (Å²) in [6.45, 7) is 1.96. The molecule has 0 saturated carbocycles. The lowest BCUT2D eigenvalue weighted by Crippen LogP contribution is -2.30. The average molecular weight is 406 g/mol. The second-order valence-electron chi connectivity index (χ2n) is 6.73. The molecule has 0 fully saturated rings. The number of ether oxygens (including phenoxy) is 1. The van der Waals surface area contributed by atoms with Gasteiger partial charge in [-0.2, -0.15) is 0 Å². The number of furan rings is 1. The largest absolute Gasteiger partial charge is 0.469 e. The van der Waals surface area contributed by atoms with Gasteiger partial charge in [0.15, 0.2) is 5.76 Å². The quantitative estimate of drug-likeness (QED) is 0.581. The zero-order chi connectivity index (χ0) is 21.5. The second-order valence-corrected chi connectivity index (χ2v) is 6.73. The van der Waals surface area contributed by atoms with Crippen molar-refractivity contribution in [2.24, 2.45) is 0 Å². The van der Waals surface area contributed by atoms with Gasteiger partial charge in [-0.05, 0) is 48.9 Å². The van der Waals surface area contributed by atoms with E-state index in [1.165, 1.54) is 13.4 Å². The van der Waals surface area contributed by atoms with Gasteiger partial charge < -0.3 is 19.8 Å². The van der Waals surface area contributed by atoms with Gasteiger partial charge in [0, 0.05) is 11.3 Å². The molecule has 0 bridgehead atoms. The second kappa shape index (κ2) is 9.56. The van der Waals surface area contributed by atoms with E-state index in [1.54, 1.807) is 36.4 Å². The molecule has 2 aromatic carbocycles. The van der Waals surface area contributed by atoms with E-state index >= 15 is 0 Å². The molecule has 3 rings (SSSR count). The number of benzene rings is 2. The lowest BCUT2D eigenvalue weighted by Gasteiger charge is -2.18. The van der Waals surface area contributed by atoms with Crippen LogP contribution in [0, 0.1) is 6.92 Å². The van der Waals surface area contributed by atoms with Crippen LogP contribution in [0.1, 0.15) is 44.5 Å². The zero-order valence-electron chi connectivity index (χ0n) is 16.7. The topological polar surface area (TPSA) is 97.6 Å². The molecule has 0 spiro atoms. The Bertz CT molecular complexity index is 1010. The number of hydrogen-bond donors (Lipinski definition) is 2. The summed E-state index contributed by atoms with van der Waals surface area (Å²) in [4.78, 5) is 36.5. The zero-order valence-corrected chi connectivity index (χ0v) is 16.7. The van der Waals surface area contributed by atoms with Gasteiger partial charge in [-0.3, -0.25) is 14.4 Å². The van der Waals surface area contributed by atoms with Gasteiger partial charge in [0.2, 0.25) is 0 Å². The monoisotopic (exact) mass is 406 g/mol. The SMILES string of the molecule is COC(=O)CC(NC(=O)c1ccc(NC(=O)c2ccco2)cc1)c1ccc(C)cc1. The van der Waals surface area contributed by atoms with Crippen LogP contribution in [0.4, 0.5) is 5.69 Å². The molecule has 1 atom stereocenters. The molecule has 0 saturated heterocycles. The summed E-state index contributed by atoms with van der Waals surface area (Å²) < 4.78 is 9.81. The van der Waals surface area contributed by atoms with Crippen LogP contribution in [0.2, 0.25) is 0 Å². The Kier molecular flexibility index (Phi) is 6.64. The molecule has 7 nitrogen and oxygen atoms in total. The fourth-order valence-electron chi connectivity index (χ4n) is 2.85. The standard InChI is InChI=1S/C23H22N2O5/c1-15-5-7-16(8-6-15)19(14-21(26)29-2)25-22(27)17-9-11-18(12-10-17)24-23(28)20-4-3-13-30-20/h3-13,19H,14H2,1-2H3,(H,24,28)(H,25,27). The first-order valence-electron chi connectivity index (χ1n) is 9.35. The highest BCUT2D eigenvalue weighted by Crippen LogP contribution is 2.20. The number of carbonyl (C=O) groups excluding carboxylic acids is 3. The molecular formula is C23H22N2O5. The number of rotatable bonds is 7. The smallest absolute Gasteiger partial charge is 0.307 e. The Morgan fingerprint density at radius 1 is 0.967 bits per heavy atom. The molecule has 154 valence electrons. The van der Waals surface area contributed by atoms with Crippen LogP contribution >= 0.6 is 0 Å². The highest BCUT2D eigenvalue weighted by atomic mass is 16.5. The van der Waals surface area contributed by atoms with Crippen molar-refractivity contribution in [1.82, 2.24) is 5.32 Å². The molecule has 1 heterocycles. The van der Waals surface area contributed by atoms with Crippen LogP contribution in [-0.2, 0) is 9.53 Å². The highest BCUT2D eigenvalue weighted by molar-refractivity contribution is 6.02. The number of hydrogen-bond acceptors (Lipinski definition) is 5. The van der Waals surface area contributed by atoms with Crippen molar-refractivity contribution in [3.8, 4) is 0 Å².